The smallest absolute Gasteiger partial charge is 0.226 e. The number of amides is 1. The first-order valence-corrected chi connectivity index (χ1v) is 8.57. The van der Waals surface area contributed by atoms with Gasteiger partial charge in [0.05, 0.1) is 6.26 Å². The van der Waals surface area contributed by atoms with Gasteiger partial charge in [0.15, 0.2) is 5.82 Å². The van der Waals surface area contributed by atoms with Crippen molar-refractivity contribution in [2.24, 2.45) is 5.92 Å². The molecule has 126 valence electrons. The lowest BCUT2D eigenvalue weighted by Gasteiger charge is -2.37. The summed E-state index contributed by atoms with van der Waals surface area (Å²) >= 11 is 0. The molecule has 4 rings (SSSR count). The number of rotatable bonds is 4. The Balaban J connectivity index is 1.31. The first kappa shape index (κ1) is 15.2. The van der Waals surface area contributed by atoms with Gasteiger partial charge in [-0.1, -0.05) is 0 Å². The molecule has 0 bridgehead atoms. The van der Waals surface area contributed by atoms with E-state index in [1.54, 1.807) is 12.5 Å². The van der Waals surface area contributed by atoms with Crippen molar-refractivity contribution in [3.63, 3.8) is 0 Å². The molecule has 1 saturated carbocycles. The highest BCUT2D eigenvalue weighted by Gasteiger charge is 2.47. The van der Waals surface area contributed by atoms with Gasteiger partial charge in [0.2, 0.25) is 5.91 Å². The van der Waals surface area contributed by atoms with Crippen molar-refractivity contribution < 1.29 is 9.21 Å². The Morgan fingerprint density at radius 3 is 2.79 bits per heavy atom. The maximum absolute atomic E-state index is 12.7. The lowest BCUT2D eigenvalue weighted by Crippen LogP contribution is -2.46. The molecule has 1 amide bonds. The van der Waals surface area contributed by atoms with Crippen LogP contribution in [0.15, 0.2) is 41.1 Å². The van der Waals surface area contributed by atoms with Gasteiger partial charge in [-0.2, -0.15) is 5.10 Å². The van der Waals surface area contributed by atoms with Crippen LogP contribution < -0.4 is 4.90 Å². The maximum Gasteiger partial charge on any atom is 0.226 e. The molecular weight excluding hydrogens is 304 g/mol. The van der Waals surface area contributed by atoms with Crippen molar-refractivity contribution in [1.29, 1.82) is 0 Å². The number of carbonyl (C=O) groups is 1. The molecule has 2 atom stereocenters. The van der Waals surface area contributed by atoms with E-state index < -0.39 is 0 Å². The number of hydrogen-bond acceptors (Lipinski definition) is 5. The van der Waals surface area contributed by atoms with Gasteiger partial charge in [-0.05, 0) is 43.5 Å². The summed E-state index contributed by atoms with van der Waals surface area (Å²) in [6, 6.07) is 8.15. The summed E-state index contributed by atoms with van der Waals surface area (Å²) in [5.41, 5.74) is 0. The van der Waals surface area contributed by atoms with Crippen LogP contribution in [0.2, 0.25) is 0 Å². The summed E-state index contributed by atoms with van der Waals surface area (Å²) in [4.78, 5) is 16.9. The van der Waals surface area contributed by atoms with E-state index in [0.717, 1.165) is 43.9 Å². The van der Waals surface area contributed by atoms with Gasteiger partial charge in [0.1, 0.15) is 5.76 Å². The van der Waals surface area contributed by atoms with E-state index in [1.807, 2.05) is 29.2 Å². The molecule has 2 aromatic heterocycles. The van der Waals surface area contributed by atoms with Crippen LogP contribution in [0.25, 0.3) is 0 Å². The van der Waals surface area contributed by atoms with Crippen LogP contribution >= 0.6 is 0 Å². The summed E-state index contributed by atoms with van der Waals surface area (Å²) in [5, 5.41) is 8.11. The fourth-order valence-electron chi connectivity index (χ4n) is 3.66. The van der Waals surface area contributed by atoms with Crippen LogP contribution in [0.4, 0.5) is 5.82 Å². The van der Waals surface area contributed by atoms with Gasteiger partial charge in [-0.25, -0.2) is 0 Å². The Morgan fingerprint density at radius 2 is 2.12 bits per heavy atom. The molecule has 0 radical (unpaired) electrons. The number of nitrogens with zero attached hydrogens (tertiary/aromatic N) is 4. The predicted molar refractivity (Wildman–Crippen MR) is 89.6 cm³/mol. The Hall–Kier alpha value is -2.37. The van der Waals surface area contributed by atoms with Crippen LogP contribution in [0.1, 0.15) is 30.9 Å². The summed E-state index contributed by atoms with van der Waals surface area (Å²) in [6.45, 7) is 1.63. The van der Waals surface area contributed by atoms with E-state index in [2.05, 4.69) is 22.1 Å². The zero-order chi connectivity index (χ0) is 16.5. The Morgan fingerprint density at radius 1 is 1.29 bits per heavy atom. The van der Waals surface area contributed by atoms with Crippen LogP contribution in [0.3, 0.4) is 0 Å². The molecular formula is C18H22N4O2. The van der Waals surface area contributed by atoms with E-state index in [4.69, 9.17) is 4.42 Å². The van der Waals surface area contributed by atoms with Gasteiger partial charge in [-0.3, -0.25) is 4.79 Å². The quantitative estimate of drug-likeness (QED) is 0.863. The predicted octanol–water partition coefficient (Wildman–Crippen LogP) is 2.30. The minimum Gasteiger partial charge on any atom is -0.469 e. The average molecular weight is 326 g/mol. The van der Waals surface area contributed by atoms with Gasteiger partial charge in [0.25, 0.3) is 0 Å². The number of aromatic nitrogens is 2. The number of hydrogen-bond donors (Lipinski definition) is 0. The molecule has 1 aliphatic carbocycles. The summed E-state index contributed by atoms with van der Waals surface area (Å²) in [6.07, 6.45) is 6.23. The molecule has 1 saturated heterocycles. The molecule has 0 N–H and O–H groups in total. The van der Waals surface area contributed by atoms with Crippen molar-refractivity contribution in [3.8, 4) is 0 Å². The third kappa shape index (κ3) is 2.88. The second-order valence-electron chi connectivity index (χ2n) is 6.71. The summed E-state index contributed by atoms with van der Waals surface area (Å²) < 4.78 is 5.43. The van der Waals surface area contributed by atoms with E-state index >= 15 is 0 Å². The first-order valence-electron chi connectivity index (χ1n) is 8.57. The first-order chi connectivity index (χ1) is 11.7. The molecule has 6 nitrogen and oxygen atoms in total. The molecule has 2 aromatic rings. The number of furan rings is 1. The van der Waals surface area contributed by atoms with E-state index in [0.29, 0.717) is 6.04 Å². The third-order valence-electron chi connectivity index (χ3n) is 5.26. The van der Waals surface area contributed by atoms with Crippen molar-refractivity contribution >= 4 is 11.7 Å². The largest absolute Gasteiger partial charge is 0.469 e. The molecule has 0 unspecified atom stereocenters. The number of likely N-dealkylation sites (tertiary alicyclic amines) is 1. The molecule has 3 heterocycles. The summed E-state index contributed by atoms with van der Waals surface area (Å²) in [7, 11) is 2.06. The third-order valence-corrected chi connectivity index (χ3v) is 5.26. The summed E-state index contributed by atoms with van der Waals surface area (Å²) in [5.74, 6) is 2.53. The van der Waals surface area contributed by atoms with E-state index in [9.17, 15) is 4.79 Å². The zero-order valence-electron chi connectivity index (χ0n) is 13.8. The highest BCUT2D eigenvalue weighted by molar-refractivity contribution is 5.83. The number of piperidine rings is 1. The lowest BCUT2D eigenvalue weighted by molar-refractivity contribution is -0.133. The van der Waals surface area contributed by atoms with Crippen LogP contribution in [-0.4, -0.2) is 47.2 Å². The second kappa shape index (κ2) is 6.26. The van der Waals surface area contributed by atoms with Gasteiger partial charge < -0.3 is 14.2 Å². The molecule has 2 fully saturated rings. The Labute approximate surface area is 141 Å². The van der Waals surface area contributed by atoms with Crippen LogP contribution in [-0.2, 0) is 4.79 Å². The van der Waals surface area contributed by atoms with Gasteiger partial charge in [-0.15, -0.1) is 5.10 Å². The molecule has 0 spiro atoms. The van der Waals surface area contributed by atoms with Crippen LogP contribution in [0.5, 0.6) is 0 Å². The minimum absolute atomic E-state index is 0.116. The highest BCUT2D eigenvalue weighted by Crippen LogP contribution is 2.48. The topological polar surface area (TPSA) is 62.5 Å². The molecule has 1 aliphatic heterocycles. The maximum atomic E-state index is 12.7. The minimum atomic E-state index is 0.116. The second-order valence-corrected chi connectivity index (χ2v) is 6.71. The Kier molecular flexibility index (Phi) is 3.96. The van der Waals surface area contributed by atoms with Crippen molar-refractivity contribution in [2.45, 2.75) is 31.2 Å². The number of anilines is 1. The molecule has 6 heteroatoms. The molecule has 24 heavy (non-hydrogen) atoms. The molecule has 0 aromatic carbocycles. The van der Waals surface area contributed by atoms with Gasteiger partial charge >= 0.3 is 0 Å². The fourth-order valence-corrected chi connectivity index (χ4v) is 3.66. The fraction of sp³-hybridized carbons (Fsp3) is 0.500. The number of carbonyl (C=O) groups excluding carboxylic acids is 1. The van der Waals surface area contributed by atoms with Crippen molar-refractivity contribution in [3.05, 3.63) is 42.5 Å². The highest BCUT2D eigenvalue weighted by atomic mass is 16.3. The molecule has 2 aliphatic rings. The average Bonchev–Trinajstić information content (AvgIpc) is 3.26. The standard InChI is InChI=1S/C18H22N4O2/c1-21(17-5-2-8-19-20-17)13-6-9-22(10-7-13)18(23)15-12-14(15)16-4-3-11-24-16/h2-5,8,11,13-15H,6-7,9-10,12H2,1H3/t14-,15+/m1/s1. The van der Waals surface area contributed by atoms with Crippen molar-refractivity contribution in [1.82, 2.24) is 15.1 Å². The van der Waals surface area contributed by atoms with Crippen LogP contribution in [0, 0.1) is 5.92 Å². The zero-order valence-corrected chi connectivity index (χ0v) is 13.8. The van der Waals surface area contributed by atoms with Crippen molar-refractivity contribution in [2.75, 3.05) is 25.0 Å². The van der Waals surface area contributed by atoms with Gasteiger partial charge in [0, 0.05) is 44.2 Å². The van der Waals surface area contributed by atoms with E-state index in [1.165, 1.54) is 0 Å². The Bertz CT molecular complexity index is 680. The lowest BCUT2D eigenvalue weighted by atomic mass is 10.0. The normalized spacial score (nSPS) is 24.0. The monoisotopic (exact) mass is 326 g/mol. The van der Waals surface area contributed by atoms with E-state index in [-0.39, 0.29) is 17.7 Å². The SMILES string of the molecule is CN(c1cccnn1)C1CCN(C(=O)[C@H]2C[C@H]2c2ccco2)CC1.